The molecule has 0 unspecified atom stereocenters. The summed E-state index contributed by atoms with van der Waals surface area (Å²) < 4.78 is 44.5. The van der Waals surface area contributed by atoms with Crippen molar-refractivity contribution in [2.24, 2.45) is 0 Å². The van der Waals surface area contributed by atoms with E-state index in [2.05, 4.69) is 10.2 Å². The molecule has 4 aromatic rings. The van der Waals surface area contributed by atoms with Gasteiger partial charge in [-0.2, -0.15) is 0 Å². The Morgan fingerprint density at radius 2 is 1.13 bits per heavy atom. The third-order valence-corrected chi connectivity index (χ3v) is 5.97. The molecule has 0 fully saturated rings. The van der Waals surface area contributed by atoms with Crippen molar-refractivity contribution in [3.05, 3.63) is 65.5 Å². The summed E-state index contributed by atoms with van der Waals surface area (Å²) >= 11 is 0. The molecule has 10 heteroatoms. The molecular formula is C29H30N2O8. The number of aromatic nitrogens is 2. The summed E-state index contributed by atoms with van der Waals surface area (Å²) in [5.74, 6) is 4.09. The second-order valence-corrected chi connectivity index (χ2v) is 8.07. The average molecular weight is 535 g/mol. The minimum Gasteiger partial charge on any atom is -0.497 e. The van der Waals surface area contributed by atoms with Gasteiger partial charge in [-0.25, -0.2) is 0 Å². The molecule has 0 radical (unpaired) electrons. The minimum atomic E-state index is 0.261. The van der Waals surface area contributed by atoms with Crippen LogP contribution in [0.2, 0.25) is 0 Å². The summed E-state index contributed by atoms with van der Waals surface area (Å²) in [6, 6.07) is 14.7. The van der Waals surface area contributed by atoms with Gasteiger partial charge < -0.3 is 37.6 Å². The van der Waals surface area contributed by atoms with Gasteiger partial charge in [0.2, 0.25) is 23.3 Å². The Morgan fingerprint density at radius 3 is 1.59 bits per heavy atom. The lowest BCUT2D eigenvalue weighted by atomic mass is 10.0. The maximum Gasteiger partial charge on any atom is 0.248 e. The molecule has 0 aliphatic carbocycles. The van der Waals surface area contributed by atoms with Gasteiger partial charge in [0, 0.05) is 11.1 Å². The molecule has 0 amide bonds. The Bertz CT molecular complexity index is 1410. The second kappa shape index (κ2) is 12.1. The van der Waals surface area contributed by atoms with Gasteiger partial charge >= 0.3 is 0 Å². The van der Waals surface area contributed by atoms with Gasteiger partial charge in [0.05, 0.1) is 49.8 Å². The SMILES string of the molecule is COc1ccc(/C=C(/c2cc(OC)c(OC)c(OC)c2)c2nnc(-c3cc(OC)c(OC)c(OC)c3)o2)cc1. The third kappa shape index (κ3) is 5.54. The Balaban J connectivity index is 1.88. The van der Waals surface area contributed by atoms with Crippen LogP contribution in [-0.4, -0.2) is 60.0 Å². The lowest BCUT2D eigenvalue weighted by molar-refractivity contribution is 0.324. The Kier molecular flexibility index (Phi) is 8.45. The number of benzene rings is 3. The zero-order valence-electron chi connectivity index (χ0n) is 22.9. The number of rotatable bonds is 11. The molecule has 4 rings (SSSR count). The van der Waals surface area contributed by atoms with E-state index in [0.717, 1.165) is 11.3 Å². The van der Waals surface area contributed by atoms with Crippen molar-refractivity contribution in [1.82, 2.24) is 10.2 Å². The highest BCUT2D eigenvalue weighted by Crippen LogP contribution is 2.43. The predicted octanol–water partition coefficient (Wildman–Crippen LogP) is 5.39. The van der Waals surface area contributed by atoms with E-state index in [1.165, 1.54) is 0 Å². The van der Waals surface area contributed by atoms with Crippen molar-refractivity contribution >= 4 is 11.6 Å². The molecule has 10 nitrogen and oxygen atoms in total. The maximum atomic E-state index is 6.20. The summed E-state index contributed by atoms with van der Waals surface area (Å²) in [6.45, 7) is 0. The fourth-order valence-electron chi connectivity index (χ4n) is 4.03. The van der Waals surface area contributed by atoms with Gasteiger partial charge in [-0.3, -0.25) is 0 Å². The standard InChI is InChI=1S/C29H30N2O8/c1-32-20-10-8-17(9-11-20)12-21(18-13-22(33-2)26(37-6)23(14-18)34-3)29-31-30-28(39-29)19-15-24(35-4)27(38-7)25(16-19)36-5/h8-16H,1-7H3/b21-12-. The summed E-state index contributed by atoms with van der Waals surface area (Å²) in [5, 5.41) is 8.68. The summed E-state index contributed by atoms with van der Waals surface area (Å²) in [6.07, 6.45) is 1.92. The Labute approximate surface area is 226 Å². The quantitative estimate of drug-likeness (QED) is 0.233. The van der Waals surface area contributed by atoms with E-state index >= 15 is 0 Å². The highest BCUT2D eigenvalue weighted by atomic mass is 16.5. The Morgan fingerprint density at radius 1 is 0.615 bits per heavy atom. The van der Waals surface area contributed by atoms with E-state index in [0.29, 0.717) is 51.2 Å². The summed E-state index contributed by atoms with van der Waals surface area (Å²) in [4.78, 5) is 0. The molecule has 1 aromatic heterocycles. The first kappa shape index (κ1) is 27.2. The van der Waals surface area contributed by atoms with Gasteiger partial charge in [-0.1, -0.05) is 12.1 Å². The third-order valence-electron chi connectivity index (χ3n) is 5.97. The van der Waals surface area contributed by atoms with Crippen LogP contribution in [-0.2, 0) is 0 Å². The van der Waals surface area contributed by atoms with Crippen LogP contribution in [0.5, 0.6) is 40.2 Å². The zero-order valence-corrected chi connectivity index (χ0v) is 22.9. The first-order chi connectivity index (χ1) is 19.0. The molecule has 0 atom stereocenters. The molecule has 3 aromatic carbocycles. The van der Waals surface area contributed by atoms with Crippen molar-refractivity contribution in [3.8, 4) is 51.7 Å². The van der Waals surface area contributed by atoms with Crippen molar-refractivity contribution in [3.63, 3.8) is 0 Å². The molecule has 0 aliphatic rings. The fourth-order valence-corrected chi connectivity index (χ4v) is 4.03. The topological polar surface area (TPSA) is 104 Å². The van der Waals surface area contributed by atoms with E-state index in [9.17, 15) is 0 Å². The molecule has 0 N–H and O–H groups in total. The molecule has 0 aliphatic heterocycles. The van der Waals surface area contributed by atoms with Crippen LogP contribution in [0.1, 0.15) is 17.0 Å². The highest BCUT2D eigenvalue weighted by Gasteiger charge is 2.22. The van der Waals surface area contributed by atoms with Crippen LogP contribution in [0, 0.1) is 0 Å². The van der Waals surface area contributed by atoms with Gasteiger partial charge in [0.25, 0.3) is 0 Å². The molecule has 1 heterocycles. The molecule has 0 bridgehead atoms. The normalized spacial score (nSPS) is 11.1. The number of hydrogen-bond acceptors (Lipinski definition) is 10. The van der Waals surface area contributed by atoms with E-state index in [1.54, 1.807) is 61.9 Å². The predicted molar refractivity (Wildman–Crippen MR) is 145 cm³/mol. The lowest BCUT2D eigenvalue weighted by Gasteiger charge is -2.15. The molecule has 0 saturated heterocycles. The first-order valence-electron chi connectivity index (χ1n) is 11.8. The number of methoxy groups -OCH3 is 7. The van der Waals surface area contributed by atoms with E-state index in [4.69, 9.17) is 37.6 Å². The van der Waals surface area contributed by atoms with Crippen LogP contribution < -0.4 is 33.2 Å². The second-order valence-electron chi connectivity index (χ2n) is 8.07. The molecular weight excluding hydrogens is 504 g/mol. The van der Waals surface area contributed by atoms with Crippen LogP contribution in [0.25, 0.3) is 23.1 Å². The van der Waals surface area contributed by atoms with Crippen LogP contribution in [0.4, 0.5) is 0 Å². The Hall–Kier alpha value is -4.86. The monoisotopic (exact) mass is 534 g/mol. The van der Waals surface area contributed by atoms with Gasteiger partial charge in [0.15, 0.2) is 23.0 Å². The van der Waals surface area contributed by atoms with Gasteiger partial charge in [-0.05, 0) is 53.6 Å². The van der Waals surface area contributed by atoms with Gasteiger partial charge in [-0.15, -0.1) is 10.2 Å². The molecule has 0 saturated carbocycles. The van der Waals surface area contributed by atoms with E-state index < -0.39 is 0 Å². The van der Waals surface area contributed by atoms with E-state index in [1.807, 2.05) is 42.5 Å². The van der Waals surface area contributed by atoms with Crippen LogP contribution >= 0.6 is 0 Å². The van der Waals surface area contributed by atoms with Crippen LogP contribution in [0.15, 0.2) is 52.9 Å². The summed E-state index contributed by atoms with van der Waals surface area (Å²) in [5.41, 5.74) is 2.81. The summed E-state index contributed by atoms with van der Waals surface area (Å²) in [7, 11) is 10.9. The first-order valence-corrected chi connectivity index (χ1v) is 11.8. The van der Waals surface area contributed by atoms with Gasteiger partial charge in [0.1, 0.15) is 5.75 Å². The van der Waals surface area contributed by atoms with Crippen LogP contribution in [0.3, 0.4) is 0 Å². The largest absolute Gasteiger partial charge is 0.497 e. The fraction of sp³-hybridized carbons (Fsp3) is 0.241. The molecule has 39 heavy (non-hydrogen) atoms. The maximum absolute atomic E-state index is 6.20. The number of hydrogen-bond donors (Lipinski definition) is 0. The zero-order chi connectivity index (χ0) is 27.9. The average Bonchev–Trinajstić information content (AvgIpc) is 3.48. The van der Waals surface area contributed by atoms with Crippen molar-refractivity contribution in [2.75, 3.05) is 49.8 Å². The van der Waals surface area contributed by atoms with Crippen molar-refractivity contribution in [1.29, 1.82) is 0 Å². The highest BCUT2D eigenvalue weighted by molar-refractivity contribution is 5.90. The number of nitrogens with zero attached hydrogens (tertiary/aromatic N) is 2. The smallest absolute Gasteiger partial charge is 0.248 e. The van der Waals surface area contributed by atoms with E-state index in [-0.39, 0.29) is 11.8 Å². The lowest BCUT2D eigenvalue weighted by Crippen LogP contribution is -1.98. The number of ether oxygens (including phenoxy) is 7. The van der Waals surface area contributed by atoms with Crippen molar-refractivity contribution in [2.45, 2.75) is 0 Å². The minimum absolute atomic E-state index is 0.261. The molecule has 204 valence electrons. The van der Waals surface area contributed by atoms with Crippen molar-refractivity contribution < 1.29 is 37.6 Å². The molecule has 0 spiro atoms.